The number of esters is 1. The molecule has 0 aliphatic rings. The summed E-state index contributed by atoms with van der Waals surface area (Å²) < 4.78 is 4.68. The van der Waals surface area contributed by atoms with Gasteiger partial charge in [-0.25, -0.2) is 14.8 Å². The number of rotatable bonds is 4. The number of carbonyl (C=O) groups is 3. The number of hydrogen-bond acceptors (Lipinski definition) is 6. The number of anilines is 1. The zero-order valence-corrected chi connectivity index (χ0v) is 12.6. The van der Waals surface area contributed by atoms with Crippen LogP contribution in [0, 0.1) is 0 Å². The summed E-state index contributed by atoms with van der Waals surface area (Å²) >= 11 is 0. The summed E-state index contributed by atoms with van der Waals surface area (Å²) in [6, 6.07) is 6.30. The van der Waals surface area contributed by atoms with Crippen LogP contribution in [0.15, 0.2) is 36.8 Å². The van der Waals surface area contributed by atoms with Crippen molar-refractivity contribution in [2.45, 2.75) is 0 Å². The van der Waals surface area contributed by atoms with Crippen molar-refractivity contribution in [3.8, 4) is 0 Å². The molecule has 0 atom stereocenters. The van der Waals surface area contributed by atoms with E-state index in [9.17, 15) is 14.4 Å². The molecule has 0 bridgehead atoms. The van der Waals surface area contributed by atoms with E-state index in [4.69, 9.17) is 0 Å². The first-order chi connectivity index (χ1) is 11.7. The Labute approximate surface area is 135 Å². The molecular formula is C16H12N4O4. The molecule has 0 radical (unpaired) electrons. The molecule has 3 aromatic rings. The van der Waals surface area contributed by atoms with Gasteiger partial charge in [-0.1, -0.05) is 12.1 Å². The molecule has 3 rings (SSSR count). The number of carbonyl (C=O) groups excluding carboxylic acids is 3. The fourth-order valence-corrected chi connectivity index (χ4v) is 2.30. The van der Waals surface area contributed by atoms with E-state index in [1.54, 1.807) is 12.1 Å². The summed E-state index contributed by atoms with van der Waals surface area (Å²) in [6.07, 6.45) is 3.33. The van der Waals surface area contributed by atoms with Gasteiger partial charge in [0.25, 0.3) is 5.91 Å². The lowest BCUT2D eigenvalue weighted by atomic mass is 10.1. The van der Waals surface area contributed by atoms with E-state index in [2.05, 4.69) is 25.0 Å². The van der Waals surface area contributed by atoms with Gasteiger partial charge in [-0.05, 0) is 12.1 Å². The average molecular weight is 324 g/mol. The van der Waals surface area contributed by atoms with Crippen LogP contribution in [-0.2, 0) is 4.74 Å². The first kappa shape index (κ1) is 15.3. The standard InChI is InChI=1S/C16H12N4O4/c1-24-16(23)10-5-3-2-4-9(10)15(22)20-11-6-17-14-12(7-21)18-8-19-13(11)14/h2-8,17H,1H3,(H,20,22). The number of methoxy groups -OCH3 is 1. The molecule has 0 spiro atoms. The van der Waals surface area contributed by atoms with Crippen LogP contribution in [0.3, 0.4) is 0 Å². The van der Waals surface area contributed by atoms with Crippen molar-refractivity contribution in [2.75, 3.05) is 12.4 Å². The minimum Gasteiger partial charge on any atom is -0.465 e. The fourth-order valence-electron chi connectivity index (χ4n) is 2.30. The minimum atomic E-state index is -0.606. The minimum absolute atomic E-state index is 0.153. The Kier molecular flexibility index (Phi) is 4.02. The fraction of sp³-hybridized carbons (Fsp3) is 0.0625. The largest absolute Gasteiger partial charge is 0.465 e. The third kappa shape index (κ3) is 2.60. The van der Waals surface area contributed by atoms with E-state index < -0.39 is 11.9 Å². The van der Waals surface area contributed by atoms with E-state index in [1.807, 2.05) is 0 Å². The molecule has 0 fully saturated rings. The number of aldehydes is 1. The van der Waals surface area contributed by atoms with Crippen LogP contribution < -0.4 is 5.32 Å². The first-order valence-electron chi connectivity index (χ1n) is 6.91. The second-order valence-corrected chi connectivity index (χ2v) is 4.79. The van der Waals surface area contributed by atoms with Crippen LogP contribution in [0.25, 0.3) is 11.0 Å². The zero-order valence-electron chi connectivity index (χ0n) is 12.6. The Morgan fingerprint density at radius 3 is 2.67 bits per heavy atom. The maximum atomic E-state index is 12.5. The highest BCUT2D eigenvalue weighted by Gasteiger charge is 2.19. The molecule has 1 amide bonds. The SMILES string of the molecule is COC(=O)c1ccccc1C(=O)Nc1c[nH]c2c(C=O)ncnc12. The molecule has 0 aliphatic heterocycles. The number of nitrogens with zero attached hydrogens (tertiary/aromatic N) is 2. The van der Waals surface area contributed by atoms with Crippen molar-refractivity contribution in [2.24, 2.45) is 0 Å². The second-order valence-electron chi connectivity index (χ2n) is 4.79. The number of H-pyrrole nitrogens is 1. The van der Waals surface area contributed by atoms with E-state index in [0.29, 0.717) is 23.0 Å². The number of hydrogen-bond donors (Lipinski definition) is 2. The molecule has 0 saturated carbocycles. The van der Waals surface area contributed by atoms with Crippen molar-refractivity contribution < 1.29 is 19.1 Å². The van der Waals surface area contributed by atoms with Gasteiger partial charge in [0.1, 0.15) is 17.5 Å². The quantitative estimate of drug-likeness (QED) is 0.559. The van der Waals surface area contributed by atoms with Crippen molar-refractivity contribution in [3.63, 3.8) is 0 Å². The summed E-state index contributed by atoms with van der Waals surface area (Å²) in [5.41, 5.74) is 1.71. The second kappa shape index (κ2) is 6.29. The number of fused-ring (bicyclic) bond motifs is 1. The summed E-state index contributed by atoms with van der Waals surface area (Å²) in [6.45, 7) is 0. The molecule has 0 aliphatic carbocycles. The van der Waals surface area contributed by atoms with E-state index in [0.717, 1.165) is 0 Å². The highest BCUT2D eigenvalue weighted by atomic mass is 16.5. The highest BCUT2D eigenvalue weighted by Crippen LogP contribution is 2.23. The molecule has 1 aromatic carbocycles. The Morgan fingerprint density at radius 1 is 1.21 bits per heavy atom. The summed E-state index contributed by atoms with van der Waals surface area (Å²) in [5.74, 6) is -1.10. The van der Waals surface area contributed by atoms with Crippen LogP contribution in [0.5, 0.6) is 0 Å². The van der Waals surface area contributed by atoms with E-state index >= 15 is 0 Å². The Bertz CT molecular complexity index is 948. The maximum Gasteiger partial charge on any atom is 0.338 e. The van der Waals surface area contributed by atoms with Crippen molar-refractivity contribution in [1.29, 1.82) is 0 Å². The summed E-state index contributed by atoms with van der Waals surface area (Å²) in [7, 11) is 1.24. The molecule has 8 heteroatoms. The van der Waals surface area contributed by atoms with Crippen LogP contribution >= 0.6 is 0 Å². The lowest BCUT2D eigenvalue weighted by Crippen LogP contribution is -2.17. The van der Waals surface area contributed by atoms with Crippen molar-refractivity contribution in [1.82, 2.24) is 15.0 Å². The van der Waals surface area contributed by atoms with E-state index in [-0.39, 0.29) is 16.8 Å². The third-order valence-corrected chi connectivity index (χ3v) is 3.43. The number of benzene rings is 1. The number of ether oxygens (including phenoxy) is 1. The smallest absolute Gasteiger partial charge is 0.338 e. The molecule has 0 unspecified atom stereocenters. The van der Waals surface area contributed by atoms with Gasteiger partial charge in [-0.3, -0.25) is 9.59 Å². The van der Waals surface area contributed by atoms with Gasteiger partial charge < -0.3 is 15.0 Å². The third-order valence-electron chi connectivity index (χ3n) is 3.43. The molecule has 0 saturated heterocycles. The van der Waals surface area contributed by atoms with Crippen molar-refractivity contribution >= 4 is 34.9 Å². The molecule has 24 heavy (non-hydrogen) atoms. The molecular weight excluding hydrogens is 312 g/mol. The topological polar surface area (TPSA) is 114 Å². The predicted octanol–water partition coefficient (Wildman–Crippen LogP) is 1.81. The highest BCUT2D eigenvalue weighted by molar-refractivity contribution is 6.13. The maximum absolute atomic E-state index is 12.5. The summed E-state index contributed by atoms with van der Waals surface area (Å²) in [4.78, 5) is 46.0. The van der Waals surface area contributed by atoms with Gasteiger partial charge >= 0.3 is 5.97 Å². The van der Waals surface area contributed by atoms with Gasteiger partial charge in [-0.15, -0.1) is 0 Å². The molecule has 120 valence electrons. The van der Waals surface area contributed by atoms with Gasteiger partial charge in [0.05, 0.1) is 29.4 Å². The Morgan fingerprint density at radius 2 is 1.96 bits per heavy atom. The lowest BCUT2D eigenvalue weighted by molar-refractivity contribution is 0.0597. The molecule has 2 heterocycles. The van der Waals surface area contributed by atoms with Crippen LogP contribution in [0.1, 0.15) is 31.2 Å². The van der Waals surface area contributed by atoms with Crippen molar-refractivity contribution in [3.05, 3.63) is 53.6 Å². The predicted molar refractivity (Wildman–Crippen MR) is 85.0 cm³/mol. The monoisotopic (exact) mass is 324 g/mol. The molecule has 2 aromatic heterocycles. The van der Waals surface area contributed by atoms with Gasteiger partial charge in [-0.2, -0.15) is 0 Å². The summed E-state index contributed by atoms with van der Waals surface area (Å²) in [5, 5.41) is 2.67. The molecule has 2 N–H and O–H groups in total. The number of aromatic amines is 1. The van der Waals surface area contributed by atoms with E-state index in [1.165, 1.54) is 31.8 Å². The lowest BCUT2D eigenvalue weighted by Gasteiger charge is -2.08. The number of nitrogens with one attached hydrogen (secondary N) is 2. The van der Waals surface area contributed by atoms with Crippen LogP contribution in [0.4, 0.5) is 5.69 Å². The van der Waals surface area contributed by atoms with Crippen LogP contribution in [-0.4, -0.2) is 40.2 Å². The van der Waals surface area contributed by atoms with Gasteiger partial charge in [0, 0.05) is 6.20 Å². The average Bonchev–Trinajstić information content (AvgIpc) is 3.04. The number of aromatic nitrogens is 3. The first-order valence-corrected chi connectivity index (χ1v) is 6.91. The Balaban J connectivity index is 1.97. The van der Waals surface area contributed by atoms with Gasteiger partial charge in [0.15, 0.2) is 6.29 Å². The zero-order chi connectivity index (χ0) is 17.1. The van der Waals surface area contributed by atoms with Gasteiger partial charge in [0.2, 0.25) is 0 Å². The number of amides is 1. The molecule has 8 nitrogen and oxygen atoms in total. The van der Waals surface area contributed by atoms with Crippen LogP contribution in [0.2, 0.25) is 0 Å². The Hall–Kier alpha value is -3.55. The normalized spacial score (nSPS) is 10.4.